The predicted molar refractivity (Wildman–Crippen MR) is 95.8 cm³/mol. The van der Waals surface area contributed by atoms with Crippen molar-refractivity contribution in [3.8, 4) is 5.75 Å². The second kappa shape index (κ2) is 7.87. The van der Waals surface area contributed by atoms with Crippen LogP contribution in [0.5, 0.6) is 5.75 Å². The Hall–Kier alpha value is -3.48. The highest BCUT2D eigenvalue weighted by Gasteiger charge is 2.02. The van der Waals surface area contributed by atoms with Gasteiger partial charge in [0, 0.05) is 5.56 Å². The molecule has 7 heteroatoms. The molecule has 0 radical (unpaired) electrons. The van der Waals surface area contributed by atoms with Gasteiger partial charge in [0.25, 0.3) is 5.56 Å². The third-order valence-electron chi connectivity index (χ3n) is 3.39. The lowest BCUT2D eigenvalue weighted by molar-refractivity contribution is 0.306. The van der Waals surface area contributed by atoms with Gasteiger partial charge in [0.2, 0.25) is 5.95 Å². The molecule has 0 saturated carbocycles. The predicted octanol–water partition coefficient (Wildman–Crippen LogP) is 2.50. The zero-order chi connectivity index (χ0) is 17.5. The fourth-order valence-corrected chi connectivity index (χ4v) is 2.06. The standard InChI is InChI=1S/C18H17N5O2/c1-13-17(24)20-18(23-21-13)22-19-11-15-9-5-6-10-16(15)25-12-14-7-3-2-4-8-14/h2-11H,12H2,1H3,(H2,20,22,23,24)/b19-11+. The smallest absolute Gasteiger partial charge is 0.274 e. The highest BCUT2D eigenvalue weighted by molar-refractivity contribution is 5.83. The molecule has 3 aromatic rings. The van der Waals surface area contributed by atoms with Crippen molar-refractivity contribution in [2.24, 2.45) is 5.10 Å². The van der Waals surface area contributed by atoms with E-state index in [2.05, 4.69) is 25.7 Å². The average Bonchev–Trinajstić information content (AvgIpc) is 2.65. The van der Waals surface area contributed by atoms with Crippen LogP contribution >= 0.6 is 0 Å². The monoisotopic (exact) mass is 335 g/mol. The van der Waals surface area contributed by atoms with Gasteiger partial charge < -0.3 is 4.74 Å². The number of para-hydroxylation sites is 1. The number of benzene rings is 2. The number of hydrazone groups is 1. The lowest BCUT2D eigenvalue weighted by Gasteiger charge is -2.08. The van der Waals surface area contributed by atoms with Crippen molar-refractivity contribution in [1.29, 1.82) is 0 Å². The molecule has 0 unspecified atom stereocenters. The fourth-order valence-electron chi connectivity index (χ4n) is 2.06. The van der Waals surface area contributed by atoms with Gasteiger partial charge in [-0.3, -0.25) is 9.78 Å². The maximum atomic E-state index is 11.5. The lowest BCUT2D eigenvalue weighted by Crippen LogP contribution is -2.15. The first kappa shape index (κ1) is 16.4. The van der Waals surface area contributed by atoms with Crippen LogP contribution < -0.4 is 15.7 Å². The highest BCUT2D eigenvalue weighted by Crippen LogP contribution is 2.17. The largest absolute Gasteiger partial charge is 0.488 e. The Kier molecular flexibility index (Phi) is 5.16. The summed E-state index contributed by atoms with van der Waals surface area (Å²) in [5.41, 5.74) is 4.52. The van der Waals surface area contributed by atoms with Crippen LogP contribution in [0.2, 0.25) is 0 Å². The van der Waals surface area contributed by atoms with Crippen molar-refractivity contribution < 1.29 is 4.74 Å². The van der Waals surface area contributed by atoms with Gasteiger partial charge in [0.05, 0.1) is 6.21 Å². The summed E-state index contributed by atoms with van der Waals surface area (Å²) in [5.74, 6) is 0.884. The maximum absolute atomic E-state index is 11.5. The molecule has 3 rings (SSSR count). The van der Waals surface area contributed by atoms with Gasteiger partial charge >= 0.3 is 0 Å². The average molecular weight is 335 g/mol. The number of hydrogen-bond donors (Lipinski definition) is 2. The normalized spacial score (nSPS) is 10.8. The van der Waals surface area contributed by atoms with Gasteiger partial charge in [-0.2, -0.15) is 5.10 Å². The topological polar surface area (TPSA) is 92.3 Å². The second-order valence-corrected chi connectivity index (χ2v) is 5.27. The summed E-state index contributed by atoms with van der Waals surface area (Å²) in [4.78, 5) is 14.0. The Balaban J connectivity index is 1.67. The van der Waals surface area contributed by atoms with E-state index in [1.54, 1.807) is 13.1 Å². The number of nitrogens with zero attached hydrogens (tertiary/aromatic N) is 3. The fraction of sp³-hybridized carbons (Fsp3) is 0.111. The van der Waals surface area contributed by atoms with Gasteiger partial charge in [-0.25, -0.2) is 5.43 Å². The van der Waals surface area contributed by atoms with Crippen molar-refractivity contribution in [1.82, 2.24) is 15.2 Å². The number of aryl methyl sites for hydroxylation is 1. The Morgan fingerprint density at radius 1 is 1.12 bits per heavy atom. The van der Waals surface area contributed by atoms with E-state index in [4.69, 9.17) is 4.74 Å². The van der Waals surface area contributed by atoms with Crippen molar-refractivity contribution in [3.05, 3.63) is 81.8 Å². The third kappa shape index (κ3) is 4.51. The van der Waals surface area contributed by atoms with Crippen LogP contribution in [0.4, 0.5) is 5.95 Å². The molecule has 0 amide bonds. The van der Waals surface area contributed by atoms with Crippen molar-refractivity contribution in [2.45, 2.75) is 13.5 Å². The zero-order valence-electron chi connectivity index (χ0n) is 13.6. The number of anilines is 1. The molecule has 0 bridgehead atoms. The Morgan fingerprint density at radius 2 is 1.88 bits per heavy atom. The van der Waals surface area contributed by atoms with E-state index in [9.17, 15) is 4.79 Å². The summed E-state index contributed by atoms with van der Waals surface area (Å²) in [6, 6.07) is 17.5. The molecule has 1 heterocycles. The van der Waals surface area contributed by atoms with E-state index in [1.807, 2.05) is 54.6 Å². The molecule has 1 aromatic heterocycles. The summed E-state index contributed by atoms with van der Waals surface area (Å²) < 4.78 is 5.86. The van der Waals surface area contributed by atoms with Crippen LogP contribution in [-0.2, 0) is 6.61 Å². The number of aromatic nitrogens is 3. The zero-order valence-corrected chi connectivity index (χ0v) is 13.6. The van der Waals surface area contributed by atoms with Crippen LogP contribution in [0.3, 0.4) is 0 Å². The number of nitrogens with one attached hydrogen (secondary N) is 2. The molecule has 0 saturated heterocycles. The van der Waals surface area contributed by atoms with E-state index >= 15 is 0 Å². The third-order valence-corrected chi connectivity index (χ3v) is 3.39. The number of rotatable bonds is 6. The summed E-state index contributed by atoms with van der Waals surface area (Å²) in [7, 11) is 0. The first-order chi connectivity index (χ1) is 12.2. The van der Waals surface area contributed by atoms with Crippen LogP contribution in [0.15, 0.2) is 64.5 Å². The summed E-state index contributed by atoms with van der Waals surface area (Å²) >= 11 is 0. The lowest BCUT2D eigenvalue weighted by atomic mass is 10.2. The van der Waals surface area contributed by atoms with Crippen molar-refractivity contribution in [3.63, 3.8) is 0 Å². The summed E-state index contributed by atoms with van der Waals surface area (Å²) in [6.45, 7) is 2.05. The molecule has 0 aliphatic carbocycles. The molecular formula is C18H17N5O2. The molecule has 0 aliphatic heterocycles. The van der Waals surface area contributed by atoms with Crippen molar-refractivity contribution >= 4 is 12.2 Å². The number of ether oxygens (including phenoxy) is 1. The second-order valence-electron chi connectivity index (χ2n) is 5.27. The van der Waals surface area contributed by atoms with Crippen LogP contribution in [-0.4, -0.2) is 21.4 Å². The van der Waals surface area contributed by atoms with Crippen molar-refractivity contribution in [2.75, 3.05) is 5.43 Å². The maximum Gasteiger partial charge on any atom is 0.274 e. The van der Waals surface area contributed by atoms with E-state index in [0.29, 0.717) is 18.1 Å². The van der Waals surface area contributed by atoms with E-state index < -0.39 is 0 Å². The minimum atomic E-state index is -0.306. The van der Waals surface area contributed by atoms with Gasteiger partial charge in [-0.15, -0.1) is 10.2 Å². The molecule has 126 valence electrons. The van der Waals surface area contributed by atoms with Gasteiger partial charge in [-0.05, 0) is 24.6 Å². The Morgan fingerprint density at radius 3 is 2.68 bits per heavy atom. The Bertz CT molecular complexity index is 922. The molecular weight excluding hydrogens is 318 g/mol. The Labute approximate surface area is 144 Å². The van der Waals surface area contributed by atoms with Crippen LogP contribution in [0, 0.1) is 6.92 Å². The van der Waals surface area contributed by atoms with Gasteiger partial charge in [0.15, 0.2) is 0 Å². The van der Waals surface area contributed by atoms with Crippen LogP contribution in [0.25, 0.3) is 0 Å². The van der Waals surface area contributed by atoms with E-state index in [0.717, 1.165) is 11.1 Å². The molecule has 2 N–H and O–H groups in total. The summed E-state index contributed by atoms with van der Waals surface area (Å²) in [6.07, 6.45) is 1.60. The SMILES string of the molecule is Cc1nnc(N/N=C/c2ccccc2OCc2ccccc2)[nH]c1=O. The number of hydrogen-bond acceptors (Lipinski definition) is 6. The molecule has 0 atom stereocenters. The molecule has 0 spiro atoms. The van der Waals surface area contributed by atoms with E-state index in [1.165, 1.54) is 0 Å². The highest BCUT2D eigenvalue weighted by atomic mass is 16.5. The summed E-state index contributed by atoms with van der Waals surface area (Å²) in [5, 5.41) is 11.6. The van der Waals surface area contributed by atoms with Gasteiger partial charge in [-0.1, -0.05) is 42.5 Å². The minimum Gasteiger partial charge on any atom is -0.488 e. The molecule has 2 aromatic carbocycles. The first-order valence-electron chi connectivity index (χ1n) is 7.71. The quantitative estimate of drug-likeness (QED) is 0.533. The molecule has 0 fully saturated rings. The first-order valence-corrected chi connectivity index (χ1v) is 7.71. The minimum absolute atomic E-state index is 0.175. The molecule has 7 nitrogen and oxygen atoms in total. The van der Waals surface area contributed by atoms with Crippen LogP contribution in [0.1, 0.15) is 16.8 Å². The van der Waals surface area contributed by atoms with E-state index in [-0.39, 0.29) is 11.5 Å². The molecule has 25 heavy (non-hydrogen) atoms. The van der Waals surface area contributed by atoms with Gasteiger partial charge in [0.1, 0.15) is 18.1 Å². The molecule has 0 aliphatic rings. The number of aromatic amines is 1. The number of H-pyrrole nitrogens is 1.